The molecule has 11 nitrogen and oxygen atoms in total. The molecule has 38 heavy (non-hydrogen) atoms. The molecule has 0 aromatic carbocycles. The summed E-state index contributed by atoms with van der Waals surface area (Å²) in [6.45, 7) is 3.38. The standard InChI is InChI=1S/C27H36O11/c1-26(15-9-19(38-24(15)33)27(2)14(23(32)34-3)5-4-6-18(26)27)10-16(13-7-8-35-12-13)36-25-22(31)21(30)20(29)17(11-28)37-25/h5,7-8,12,15-22,25,28-31H,4,6,9-11H2,1-3H3/t15-,16?,17+,18-,19-,20+,21-,22+,25+,26+,27-/m0/s1. The van der Waals surface area contributed by atoms with Crippen LogP contribution in [-0.4, -0.2) is 82.9 Å². The highest BCUT2D eigenvalue weighted by molar-refractivity contribution is 5.91. The first-order valence-electron chi connectivity index (χ1n) is 13.0. The third-order valence-corrected chi connectivity index (χ3v) is 9.45. The van der Waals surface area contributed by atoms with E-state index in [1.165, 1.54) is 19.6 Å². The molecule has 210 valence electrons. The molecule has 4 N–H and O–H groups in total. The van der Waals surface area contributed by atoms with Crippen LogP contribution in [0.3, 0.4) is 0 Å². The van der Waals surface area contributed by atoms with Gasteiger partial charge in [-0.3, -0.25) is 4.79 Å². The quantitative estimate of drug-likeness (QED) is 0.367. The Morgan fingerprint density at radius 3 is 2.63 bits per heavy atom. The molecule has 1 aromatic heterocycles. The van der Waals surface area contributed by atoms with Gasteiger partial charge in [0.2, 0.25) is 0 Å². The number of allylic oxidation sites excluding steroid dienone is 1. The fraction of sp³-hybridized carbons (Fsp3) is 0.704. The van der Waals surface area contributed by atoms with Gasteiger partial charge in [-0.2, -0.15) is 0 Å². The number of methoxy groups -OCH3 is 1. The van der Waals surface area contributed by atoms with E-state index in [2.05, 4.69) is 0 Å². The van der Waals surface area contributed by atoms with Crippen LogP contribution in [0, 0.1) is 22.7 Å². The van der Waals surface area contributed by atoms with Crippen LogP contribution in [0.5, 0.6) is 0 Å². The van der Waals surface area contributed by atoms with Crippen molar-refractivity contribution in [3.63, 3.8) is 0 Å². The summed E-state index contributed by atoms with van der Waals surface area (Å²) in [5.41, 5.74) is -0.344. The van der Waals surface area contributed by atoms with Gasteiger partial charge in [0.1, 0.15) is 30.5 Å². The lowest BCUT2D eigenvalue weighted by Crippen LogP contribution is -2.59. The molecule has 2 saturated heterocycles. The number of esters is 2. The van der Waals surface area contributed by atoms with Crippen molar-refractivity contribution in [2.45, 2.75) is 82.4 Å². The number of rotatable bonds is 7. The Bertz CT molecular complexity index is 1070. The topological polar surface area (TPSA) is 165 Å². The molecular weight excluding hydrogens is 500 g/mol. The van der Waals surface area contributed by atoms with Gasteiger partial charge in [0.15, 0.2) is 6.29 Å². The molecule has 1 unspecified atom stereocenters. The second-order valence-corrected chi connectivity index (χ2v) is 11.3. The molecule has 2 aliphatic heterocycles. The molecular formula is C27H36O11. The molecule has 3 fully saturated rings. The first kappa shape index (κ1) is 27.3. The highest BCUT2D eigenvalue weighted by Gasteiger charge is 2.67. The highest BCUT2D eigenvalue weighted by atomic mass is 16.7. The van der Waals surface area contributed by atoms with Gasteiger partial charge in [-0.25, -0.2) is 4.79 Å². The van der Waals surface area contributed by atoms with Crippen molar-refractivity contribution in [2.75, 3.05) is 13.7 Å². The maximum absolute atomic E-state index is 13.2. The van der Waals surface area contributed by atoms with Gasteiger partial charge in [0.25, 0.3) is 0 Å². The molecule has 5 rings (SSSR count). The third-order valence-electron chi connectivity index (χ3n) is 9.45. The number of carbonyl (C=O) groups is 2. The summed E-state index contributed by atoms with van der Waals surface area (Å²) in [6, 6.07) is 1.70. The summed E-state index contributed by atoms with van der Waals surface area (Å²) in [5, 5.41) is 40.7. The van der Waals surface area contributed by atoms with Crippen molar-refractivity contribution in [3.8, 4) is 0 Å². The van der Waals surface area contributed by atoms with E-state index in [1.807, 2.05) is 19.9 Å². The van der Waals surface area contributed by atoms with Crippen molar-refractivity contribution >= 4 is 11.9 Å². The lowest BCUT2D eigenvalue weighted by molar-refractivity contribution is -0.315. The Balaban J connectivity index is 1.50. The zero-order valence-corrected chi connectivity index (χ0v) is 21.7. The Morgan fingerprint density at radius 1 is 1.21 bits per heavy atom. The van der Waals surface area contributed by atoms with Crippen LogP contribution in [0.2, 0.25) is 0 Å². The smallest absolute Gasteiger partial charge is 0.334 e. The molecule has 0 amide bonds. The number of aliphatic hydroxyl groups is 4. The summed E-state index contributed by atoms with van der Waals surface area (Å²) in [7, 11) is 1.34. The molecule has 11 atom stereocenters. The monoisotopic (exact) mass is 536 g/mol. The van der Waals surface area contributed by atoms with E-state index in [0.717, 1.165) is 6.42 Å². The number of carbonyl (C=O) groups excluding carboxylic acids is 2. The zero-order chi connectivity index (χ0) is 27.4. The number of aliphatic hydroxyl groups excluding tert-OH is 4. The van der Waals surface area contributed by atoms with Gasteiger partial charge in [-0.15, -0.1) is 0 Å². The molecule has 0 spiro atoms. The van der Waals surface area contributed by atoms with Crippen molar-refractivity contribution in [3.05, 3.63) is 35.8 Å². The molecule has 2 bridgehead atoms. The highest BCUT2D eigenvalue weighted by Crippen LogP contribution is 2.66. The van der Waals surface area contributed by atoms with Gasteiger partial charge >= 0.3 is 11.9 Å². The average molecular weight is 537 g/mol. The van der Waals surface area contributed by atoms with Crippen LogP contribution >= 0.6 is 0 Å². The molecule has 0 radical (unpaired) electrons. The predicted octanol–water partition coefficient (Wildman–Crippen LogP) is 0.995. The fourth-order valence-electron chi connectivity index (χ4n) is 7.39. The Kier molecular flexibility index (Phi) is 7.21. The summed E-state index contributed by atoms with van der Waals surface area (Å²) in [5.74, 6) is -1.35. The number of fused-ring (bicyclic) bond motifs is 4. The summed E-state index contributed by atoms with van der Waals surface area (Å²) < 4.78 is 28.2. The maximum Gasteiger partial charge on any atom is 0.334 e. The van der Waals surface area contributed by atoms with Gasteiger partial charge < -0.3 is 43.8 Å². The van der Waals surface area contributed by atoms with Crippen LogP contribution in [-0.2, 0) is 28.5 Å². The van der Waals surface area contributed by atoms with Gasteiger partial charge in [-0.05, 0) is 43.1 Å². The maximum atomic E-state index is 13.2. The SMILES string of the molecule is COC(=O)C1=CCC[C@H]2[C@](C)(CC(O[C@@H]3O[C@H](CO)[C@@H](O)[C@H](O)[C@H]3O)c3ccoc3)[C@H]3C[C@H](OC3=O)[C@@]12C. The predicted molar refractivity (Wildman–Crippen MR) is 128 cm³/mol. The molecule has 4 aliphatic rings. The largest absolute Gasteiger partial charge is 0.472 e. The first-order valence-corrected chi connectivity index (χ1v) is 13.0. The van der Waals surface area contributed by atoms with Crippen LogP contribution in [0.15, 0.2) is 34.7 Å². The van der Waals surface area contributed by atoms with Crippen molar-refractivity contribution in [2.24, 2.45) is 22.7 Å². The van der Waals surface area contributed by atoms with Crippen molar-refractivity contribution < 1.29 is 53.4 Å². The molecule has 1 aromatic rings. The lowest BCUT2D eigenvalue weighted by Gasteiger charge is -2.56. The summed E-state index contributed by atoms with van der Waals surface area (Å²) >= 11 is 0. The average Bonchev–Trinajstić information content (AvgIpc) is 3.57. The van der Waals surface area contributed by atoms with E-state index in [1.54, 1.807) is 6.07 Å². The van der Waals surface area contributed by atoms with Gasteiger partial charge in [0, 0.05) is 16.6 Å². The van der Waals surface area contributed by atoms with Crippen LogP contribution < -0.4 is 0 Å². The number of hydrogen-bond acceptors (Lipinski definition) is 11. The second kappa shape index (κ2) is 10.0. The van der Waals surface area contributed by atoms with E-state index < -0.39 is 72.2 Å². The Hall–Kier alpha value is -2.28. The van der Waals surface area contributed by atoms with Crippen molar-refractivity contribution in [1.29, 1.82) is 0 Å². The minimum Gasteiger partial charge on any atom is -0.472 e. The lowest BCUT2D eigenvalue weighted by atomic mass is 9.46. The molecule has 1 saturated carbocycles. The summed E-state index contributed by atoms with van der Waals surface area (Å²) in [6.07, 6.45) is -1.49. The van der Waals surface area contributed by atoms with E-state index in [4.69, 9.17) is 23.4 Å². The normalized spacial score (nSPS) is 43.1. The fourth-order valence-corrected chi connectivity index (χ4v) is 7.39. The number of ether oxygens (including phenoxy) is 4. The third kappa shape index (κ3) is 4.11. The first-order chi connectivity index (χ1) is 18.1. The molecule has 3 heterocycles. The van der Waals surface area contributed by atoms with Crippen LogP contribution in [0.1, 0.15) is 51.2 Å². The minimum atomic E-state index is -1.60. The molecule has 2 aliphatic carbocycles. The van der Waals surface area contributed by atoms with E-state index in [9.17, 15) is 30.0 Å². The minimum absolute atomic E-state index is 0.142. The van der Waals surface area contributed by atoms with Crippen LogP contribution in [0.25, 0.3) is 0 Å². The van der Waals surface area contributed by atoms with E-state index >= 15 is 0 Å². The van der Waals surface area contributed by atoms with Gasteiger partial charge in [-0.1, -0.05) is 19.9 Å². The Labute approximate surface area is 220 Å². The number of hydrogen-bond donors (Lipinski definition) is 4. The van der Waals surface area contributed by atoms with Crippen LogP contribution in [0.4, 0.5) is 0 Å². The Morgan fingerprint density at radius 2 is 1.97 bits per heavy atom. The summed E-state index contributed by atoms with van der Waals surface area (Å²) in [4.78, 5) is 26.0. The number of furan rings is 1. The van der Waals surface area contributed by atoms with E-state index in [0.29, 0.717) is 24.0 Å². The zero-order valence-electron chi connectivity index (χ0n) is 21.7. The second-order valence-electron chi connectivity index (χ2n) is 11.3. The van der Waals surface area contributed by atoms with E-state index in [-0.39, 0.29) is 18.3 Å². The van der Waals surface area contributed by atoms with Crippen molar-refractivity contribution in [1.82, 2.24) is 0 Å². The van der Waals surface area contributed by atoms with Gasteiger partial charge in [0.05, 0.1) is 38.3 Å². The molecule has 11 heteroatoms.